The minimum Gasteiger partial charge on any atom is -0.422 e. The molecule has 0 saturated carbocycles. The van der Waals surface area contributed by atoms with E-state index in [4.69, 9.17) is 4.42 Å². The minimum atomic E-state index is -0.297. The molecule has 0 fully saturated rings. The van der Waals surface area contributed by atoms with E-state index in [1.54, 1.807) is 6.07 Å². The van der Waals surface area contributed by atoms with Crippen LogP contribution in [0.4, 0.5) is 0 Å². The lowest BCUT2D eigenvalue weighted by atomic mass is 10.1. The molecule has 3 rings (SSSR count). The minimum absolute atomic E-state index is 0.297. The molecular weight excluding hydrogens is 240 g/mol. The zero-order valence-corrected chi connectivity index (χ0v) is 10.9. The molecule has 0 bridgehead atoms. The second kappa shape index (κ2) is 4.88. The fourth-order valence-electron chi connectivity index (χ4n) is 2.43. The molecule has 0 unspecified atom stereocenters. The Morgan fingerprint density at radius 3 is 2.95 bits per heavy atom. The summed E-state index contributed by atoms with van der Waals surface area (Å²) in [5.74, 6) is 0. The lowest BCUT2D eigenvalue weighted by molar-refractivity contribution is 0.569. The number of H-pyrrole nitrogens is 1. The Bertz CT molecular complexity index is 771. The molecule has 1 N–H and O–H groups in total. The number of para-hydroxylation sites is 1. The number of nitrogens with one attached hydrogen (secondary N) is 1. The molecule has 0 spiro atoms. The van der Waals surface area contributed by atoms with Crippen molar-refractivity contribution in [1.29, 1.82) is 0 Å². The van der Waals surface area contributed by atoms with Gasteiger partial charge in [-0.25, -0.2) is 4.79 Å². The van der Waals surface area contributed by atoms with Crippen LogP contribution in [0.15, 0.2) is 33.5 Å². The zero-order valence-electron chi connectivity index (χ0n) is 10.9. The summed E-state index contributed by atoms with van der Waals surface area (Å²) in [4.78, 5) is 12.1. The number of aromatic nitrogens is 2. The van der Waals surface area contributed by atoms with Gasteiger partial charge in [0.1, 0.15) is 16.5 Å². The fraction of sp³-hybridized carbons (Fsp3) is 0.333. The van der Waals surface area contributed by atoms with E-state index in [0.717, 1.165) is 42.3 Å². The van der Waals surface area contributed by atoms with Crippen LogP contribution < -0.4 is 5.63 Å². The summed E-state index contributed by atoms with van der Waals surface area (Å²) in [6.07, 6.45) is 4.20. The van der Waals surface area contributed by atoms with Gasteiger partial charge in [-0.3, -0.25) is 5.10 Å². The first-order valence-electron chi connectivity index (χ1n) is 6.70. The molecule has 4 nitrogen and oxygen atoms in total. The largest absolute Gasteiger partial charge is 0.422 e. The van der Waals surface area contributed by atoms with Crippen LogP contribution in [0.2, 0.25) is 0 Å². The van der Waals surface area contributed by atoms with Crippen LogP contribution in [0.25, 0.3) is 21.9 Å². The second-order valence-electron chi connectivity index (χ2n) is 4.77. The van der Waals surface area contributed by atoms with Gasteiger partial charge >= 0.3 is 5.63 Å². The summed E-state index contributed by atoms with van der Waals surface area (Å²) in [6, 6.07) is 7.50. The molecule has 0 amide bonds. The molecule has 1 aromatic carbocycles. The van der Waals surface area contributed by atoms with E-state index in [2.05, 4.69) is 17.1 Å². The molecule has 19 heavy (non-hydrogen) atoms. The first-order valence-corrected chi connectivity index (χ1v) is 6.70. The topological polar surface area (TPSA) is 58.9 Å². The Hall–Kier alpha value is -2.10. The number of benzene rings is 1. The van der Waals surface area contributed by atoms with Gasteiger partial charge in [-0.2, -0.15) is 5.10 Å². The molecule has 0 aliphatic carbocycles. The molecule has 0 saturated heterocycles. The number of fused-ring (bicyclic) bond motifs is 3. The molecule has 0 atom stereocenters. The van der Waals surface area contributed by atoms with Crippen molar-refractivity contribution in [2.45, 2.75) is 32.6 Å². The summed E-state index contributed by atoms with van der Waals surface area (Å²) in [5, 5.41) is 8.79. The Balaban J connectivity index is 2.17. The molecule has 0 aliphatic heterocycles. The average Bonchev–Trinajstić information content (AvgIpc) is 2.84. The van der Waals surface area contributed by atoms with E-state index >= 15 is 0 Å². The maximum absolute atomic E-state index is 12.1. The van der Waals surface area contributed by atoms with Crippen molar-refractivity contribution in [2.75, 3.05) is 0 Å². The van der Waals surface area contributed by atoms with Crippen molar-refractivity contribution in [3.8, 4) is 0 Å². The SMILES string of the molecule is CCCCCc1[nH]nc2c1c(=O)oc1ccccc12. The van der Waals surface area contributed by atoms with Crippen molar-refractivity contribution >= 4 is 21.9 Å². The van der Waals surface area contributed by atoms with E-state index in [1.807, 2.05) is 18.2 Å². The van der Waals surface area contributed by atoms with Gasteiger partial charge in [0.05, 0.1) is 5.69 Å². The highest BCUT2D eigenvalue weighted by atomic mass is 16.4. The third kappa shape index (κ3) is 2.03. The van der Waals surface area contributed by atoms with Crippen molar-refractivity contribution < 1.29 is 4.42 Å². The number of hydrogen-bond acceptors (Lipinski definition) is 3. The van der Waals surface area contributed by atoms with Gasteiger partial charge in [0.15, 0.2) is 0 Å². The first kappa shape index (κ1) is 12.0. The maximum atomic E-state index is 12.1. The Labute approximate surface area is 110 Å². The van der Waals surface area contributed by atoms with Gasteiger partial charge in [0.2, 0.25) is 0 Å². The monoisotopic (exact) mass is 256 g/mol. The van der Waals surface area contributed by atoms with Crippen LogP contribution in [0, 0.1) is 0 Å². The van der Waals surface area contributed by atoms with Crippen LogP contribution in [0.5, 0.6) is 0 Å². The molecule has 2 heterocycles. The highest BCUT2D eigenvalue weighted by Crippen LogP contribution is 2.23. The van der Waals surface area contributed by atoms with Crippen molar-refractivity contribution in [3.63, 3.8) is 0 Å². The average molecular weight is 256 g/mol. The lowest BCUT2D eigenvalue weighted by Crippen LogP contribution is -2.01. The predicted molar refractivity (Wildman–Crippen MR) is 75.4 cm³/mol. The highest BCUT2D eigenvalue weighted by Gasteiger charge is 2.14. The lowest BCUT2D eigenvalue weighted by Gasteiger charge is -1.98. The number of unbranched alkanes of at least 4 members (excludes halogenated alkanes) is 2. The van der Waals surface area contributed by atoms with E-state index in [1.165, 1.54) is 0 Å². The third-order valence-corrected chi connectivity index (χ3v) is 3.42. The molecule has 98 valence electrons. The molecule has 0 radical (unpaired) electrons. The zero-order chi connectivity index (χ0) is 13.2. The van der Waals surface area contributed by atoms with E-state index in [9.17, 15) is 4.79 Å². The van der Waals surface area contributed by atoms with Gasteiger partial charge in [-0.1, -0.05) is 31.9 Å². The van der Waals surface area contributed by atoms with Crippen molar-refractivity contribution in [1.82, 2.24) is 10.2 Å². The Morgan fingerprint density at radius 1 is 1.26 bits per heavy atom. The Morgan fingerprint density at radius 2 is 2.11 bits per heavy atom. The third-order valence-electron chi connectivity index (χ3n) is 3.42. The van der Waals surface area contributed by atoms with Gasteiger partial charge < -0.3 is 4.42 Å². The quantitative estimate of drug-likeness (QED) is 0.575. The summed E-state index contributed by atoms with van der Waals surface area (Å²) in [6.45, 7) is 2.16. The molecule has 4 heteroatoms. The maximum Gasteiger partial charge on any atom is 0.347 e. The number of nitrogens with zero attached hydrogens (tertiary/aromatic N) is 1. The number of rotatable bonds is 4. The standard InChI is InChI=1S/C15H16N2O2/c1-2-3-4-8-11-13-14(17-16-11)10-7-5-6-9-12(10)19-15(13)18/h5-7,9H,2-4,8H2,1H3,(H,16,17). The van der Waals surface area contributed by atoms with Gasteiger partial charge in [0.25, 0.3) is 0 Å². The second-order valence-corrected chi connectivity index (χ2v) is 4.77. The van der Waals surface area contributed by atoms with Gasteiger partial charge in [0, 0.05) is 5.39 Å². The number of hydrogen-bond donors (Lipinski definition) is 1. The number of aryl methyl sites for hydroxylation is 1. The van der Waals surface area contributed by atoms with E-state index in [0.29, 0.717) is 11.0 Å². The molecule has 0 aliphatic rings. The Kier molecular flexibility index (Phi) is 3.07. The summed E-state index contributed by atoms with van der Waals surface area (Å²) in [7, 11) is 0. The van der Waals surface area contributed by atoms with E-state index in [-0.39, 0.29) is 5.63 Å². The molecule has 2 aromatic heterocycles. The first-order chi connectivity index (χ1) is 9.31. The normalized spacial score (nSPS) is 11.4. The van der Waals surface area contributed by atoms with Crippen LogP contribution in [-0.4, -0.2) is 10.2 Å². The van der Waals surface area contributed by atoms with Gasteiger partial charge in [-0.05, 0) is 25.0 Å². The smallest absolute Gasteiger partial charge is 0.347 e. The highest BCUT2D eigenvalue weighted by molar-refractivity contribution is 6.02. The summed E-state index contributed by atoms with van der Waals surface area (Å²) >= 11 is 0. The van der Waals surface area contributed by atoms with Gasteiger partial charge in [-0.15, -0.1) is 0 Å². The van der Waals surface area contributed by atoms with Crippen molar-refractivity contribution in [2.24, 2.45) is 0 Å². The van der Waals surface area contributed by atoms with Crippen LogP contribution in [0.1, 0.15) is 31.9 Å². The molecular formula is C15H16N2O2. The number of aromatic amines is 1. The van der Waals surface area contributed by atoms with Crippen LogP contribution >= 0.6 is 0 Å². The van der Waals surface area contributed by atoms with Crippen LogP contribution in [-0.2, 0) is 6.42 Å². The molecule has 3 aromatic rings. The van der Waals surface area contributed by atoms with Crippen molar-refractivity contribution in [3.05, 3.63) is 40.4 Å². The van der Waals surface area contributed by atoms with E-state index < -0.39 is 0 Å². The summed E-state index contributed by atoms with van der Waals surface area (Å²) < 4.78 is 5.36. The predicted octanol–water partition coefficient (Wildman–Crippen LogP) is 3.40. The summed E-state index contributed by atoms with van der Waals surface area (Å²) in [5.41, 5.74) is 1.90. The fourth-order valence-corrected chi connectivity index (χ4v) is 2.43. The van der Waals surface area contributed by atoms with Crippen LogP contribution in [0.3, 0.4) is 0 Å².